The number of benzene rings is 3. The van der Waals surface area contributed by atoms with E-state index in [4.69, 9.17) is 9.47 Å². The summed E-state index contributed by atoms with van der Waals surface area (Å²) in [4.78, 5) is 56.4. The molecule has 2 amide bonds. The molecule has 4 atom stereocenters. The highest BCUT2D eigenvalue weighted by Gasteiger charge is 2.50. The molecule has 10 nitrogen and oxygen atoms in total. The summed E-state index contributed by atoms with van der Waals surface area (Å²) >= 11 is 0. The predicted octanol–water partition coefficient (Wildman–Crippen LogP) is 4.39. The summed E-state index contributed by atoms with van der Waals surface area (Å²) < 4.78 is 10.7. The number of ketones is 2. The fourth-order valence-corrected chi connectivity index (χ4v) is 5.25. The second kappa shape index (κ2) is 13.8. The number of aromatic amines is 1. The first kappa shape index (κ1) is 31.5. The molecule has 234 valence electrons. The maximum atomic E-state index is 13.9. The lowest BCUT2D eigenvalue weighted by atomic mass is 9.89. The van der Waals surface area contributed by atoms with Crippen molar-refractivity contribution in [1.82, 2.24) is 15.6 Å². The molecule has 0 saturated carbocycles. The van der Waals surface area contributed by atoms with Gasteiger partial charge in [0.15, 0.2) is 11.6 Å². The van der Waals surface area contributed by atoms with E-state index in [1.165, 1.54) is 12.1 Å². The smallest absolute Gasteiger partial charge is 0.408 e. The van der Waals surface area contributed by atoms with E-state index in [1.807, 2.05) is 60.8 Å². The Morgan fingerprint density at radius 1 is 0.933 bits per heavy atom. The Morgan fingerprint density at radius 2 is 1.62 bits per heavy atom. The Labute approximate surface area is 261 Å². The summed E-state index contributed by atoms with van der Waals surface area (Å²) in [6.45, 7) is 3.55. The van der Waals surface area contributed by atoms with E-state index in [1.54, 1.807) is 26.0 Å². The van der Waals surface area contributed by atoms with Gasteiger partial charge in [0.25, 0.3) is 0 Å². The molecule has 0 bridgehead atoms. The van der Waals surface area contributed by atoms with Crippen molar-refractivity contribution >= 4 is 34.5 Å². The molecule has 1 aliphatic rings. The van der Waals surface area contributed by atoms with Gasteiger partial charge in [0, 0.05) is 29.4 Å². The van der Waals surface area contributed by atoms with Crippen LogP contribution in [0.2, 0.25) is 0 Å². The molecule has 2 heterocycles. The van der Waals surface area contributed by atoms with Crippen LogP contribution in [0.4, 0.5) is 4.79 Å². The molecule has 45 heavy (non-hydrogen) atoms. The van der Waals surface area contributed by atoms with Crippen LogP contribution in [0.3, 0.4) is 0 Å². The van der Waals surface area contributed by atoms with Crippen molar-refractivity contribution in [2.45, 2.75) is 57.4 Å². The lowest BCUT2D eigenvalue weighted by Gasteiger charge is -2.24. The van der Waals surface area contributed by atoms with E-state index in [9.17, 15) is 24.3 Å². The van der Waals surface area contributed by atoms with Crippen LogP contribution in [-0.4, -0.2) is 57.9 Å². The molecule has 1 aliphatic heterocycles. The van der Waals surface area contributed by atoms with E-state index in [-0.39, 0.29) is 49.8 Å². The van der Waals surface area contributed by atoms with Gasteiger partial charge in [0.05, 0.1) is 18.7 Å². The van der Waals surface area contributed by atoms with Crippen LogP contribution in [0, 0.1) is 5.92 Å². The minimum Gasteiger partial charge on any atom is -0.508 e. The lowest BCUT2D eigenvalue weighted by molar-refractivity contribution is -0.134. The zero-order valence-corrected chi connectivity index (χ0v) is 25.2. The summed E-state index contributed by atoms with van der Waals surface area (Å²) in [7, 11) is 0. The molecule has 5 rings (SSSR count). The van der Waals surface area contributed by atoms with Gasteiger partial charge in [-0.2, -0.15) is 0 Å². The SMILES string of the molecule is CC(NC(=O)OCc1ccccc1)C(=O)C[C@@H](Cc1c[nH]c2ccccc12)C(=O)N[C@@H](Cc1ccc(O)cc1)C(=O)C1(C)CO1. The van der Waals surface area contributed by atoms with Gasteiger partial charge in [-0.05, 0) is 61.6 Å². The van der Waals surface area contributed by atoms with Crippen molar-refractivity contribution in [3.63, 3.8) is 0 Å². The average molecular weight is 612 g/mol. The van der Waals surface area contributed by atoms with Crippen LogP contribution < -0.4 is 10.6 Å². The van der Waals surface area contributed by atoms with Crippen LogP contribution in [0.1, 0.15) is 37.0 Å². The number of carbonyl (C=O) groups is 4. The minimum atomic E-state index is -0.991. The van der Waals surface area contributed by atoms with Crippen LogP contribution >= 0.6 is 0 Å². The van der Waals surface area contributed by atoms with Crippen molar-refractivity contribution in [2.75, 3.05) is 6.61 Å². The predicted molar refractivity (Wildman–Crippen MR) is 167 cm³/mol. The van der Waals surface area contributed by atoms with Gasteiger partial charge >= 0.3 is 6.09 Å². The standard InChI is InChI=1S/C35H37N3O7/c1-22(37-34(43)44-20-24-8-4-3-5-9-24)31(40)18-25(17-26-19-36-29-11-7-6-10-28(26)29)33(42)38-30(32(41)35(2)21-45-35)16-23-12-14-27(39)15-13-23/h3-15,19,22,25,30,36,39H,16-18,20-21H2,1-2H3,(H,37,43)(H,38,42)/t22?,25-,30+,35?/m1/s1. The van der Waals surface area contributed by atoms with Crippen molar-refractivity contribution in [1.29, 1.82) is 0 Å². The number of ether oxygens (including phenoxy) is 2. The number of fused-ring (bicyclic) bond motifs is 1. The summed E-state index contributed by atoms with van der Waals surface area (Å²) in [6, 6.07) is 21.4. The number of hydrogen-bond donors (Lipinski definition) is 4. The largest absolute Gasteiger partial charge is 0.508 e. The number of H-pyrrole nitrogens is 1. The molecule has 1 fully saturated rings. The van der Waals surface area contributed by atoms with Crippen LogP contribution in [-0.2, 0) is 43.3 Å². The molecular formula is C35H37N3O7. The molecule has 10 heteroatoms. The van der Waals surface area contributed by atoms with Crippen molar-refractivity contribution in [2.24, 2.45) is 5.92 Å². The Morgan fingerprint density at radius 3 is 2.33 bits per heavy atom. The monoisotopic (exact) mass is 611 g/mol. The molecule has 0 spiro atoms. The van der Waals surface area contributed by atoms with Gasteiger partial charge < -0.3 is 30.2 Å². The number of epoxide rings is 1. The fraction of sp³-hybridized carbons (Fsp3) is 0.314. The molecule has 1 saturated heterocycles. The Hall–Kier alpha value is -4.96. The first-order valence-corrected chi connectivity index (χ1v) is 14.9. The van der Waals surface area contributed by atoms with Gasteiger partial charge in [0.1, 0.15) is 18.0 Å². The average Bonchev–Trinajstić information content (AvgIpc) is 3.67. The van der Waals surface area contributed by atoms with Crippen molar-refractivity contribution in [3.05, 3.63) is 102 Å². The molecule has 4 aromatic rings. The van der Waals surface area contributed by atoms with Crippen LogP contribution in [0.5, 0.6) is 5.75 Å². The number of alkyl carbamates (subject to hydrolysis) is 1. The van der Waals surface area contributed by atoms with E-state index in [0.717, 1.165) is 27.6 Å². The lowest BCUT2D eigenvalue weighted by Crippen LogP contribution is -2.50. The van der Waals surface area contributed by atoms with Crippen molar-refractivity contribution in [3.8, 4) is 5.75 Å². The summed E-state index contributed by atoms with van der Waals surface area (Å²) in [5.74, 6) is -1.84. The Bertz CT molecular complexity index is 1660. The van der Waals surface area contributed by atoms with Gasteiger partial charge in [0.2, 0.25) is 5.91 Å². The number of para-hydroxylation sites is 1. The van der Waals surface area contributed by atoms with Crippen LogP contribution in [0.25, 0.3) is 10.9 Å². The van der Waals surface area contributed by atoms with Gasteiger partial charge in [-0.3, -0.25) is 14.4 Å². The second-order valence-corrected chi connectivity index (χ2v) is 11.7. The zero-order valence-electron chi connectivity index (χ0n) is 25.2. The summed E-state index contributed by atoms with van der Waals surface area (Å²) in [5.41, 5.74) is 2.31. The molecule has 3 aromatic carbocycles. The number of aromatic hydroxyl groups is 1. The summed E-state index contributed by atoms with van der Waals surface area (Å²) in [6.07, 6.45) is 1.30. The second-order valence-electron chi connectivity index (χ2n) is 11.7. The van der Waals surface area contributed by atoms with Gasteiger partial charge in [-0.15, -0.1) is 0 Å². The number of phenolic OH excluding ortho intramolecular Hbond substituents is 1. The Kier molecular flexibility index (Phi) is 9.63. The number of hydrogen-bond acceptors (Lipinski definition) is 7. The number of carbonyl (C=O) groups excluding carboxylic acids is 4. The molecule has 1 aromatic heterocycles. The fourth-order valence-electron chi connectivity index (χ4n) is 5.25. The number of Topliss-reactive ketones (excluding diaryl/α,β-unsaturated/α-hetero) is 2. The highest BCUT2D eigenvalue weighted by atomic mass is 16.6. The number of aromatic nitrogens is 1. The first-order valence-electron chi connectivity index (χ1n) is 14.9. The van der Waals surface area contributed by atoms with Gasteiger partial charge in [-0.1, -0.05) is 60.7 Å². The number of rotatable bonds is 14. The number of phenols is 1. The Balaban J connectivity index is 1.31. The molecular weight excluding hydrogens is 574 g/mol. The van der Waals surface area contributed by atoms with E-state index in [0.29, 0.717) is 0 Å². The topological polar surface area (TPSA) is 150 Å². The maximum absolute atomic E-state index is 13.9. The summed E-state index contributed by atoms with van der Waals surface area (Å²) in [5, 5.41) is 16.1. The van der Waals surface area contributed by atoms with Gasteiger partial charge in [-0.25, -0.2) is 4.79 Å². The highest BCUT2D eigenvalue weighted by Crippen LogP contribution is 2.30. The molecule has 2 unspecified atom stereocenters. The van der Waals surface area contributed by atoms with E-state index >= 15 is 0 Å². The third kappa shape index (κ3) is 8.16. The quantitative estimate of drug-likeness (QED) is 0.155. The first-order chi connectivity index (χ1) is 21.6. The normalized spacial score (nSPS) is 17.6. The highest BCUT2D eigenvalue weighted by molar-refractivity contribution is 5.98. The van der Waals surface area contributed by atoms with Crippen LogP contribution in [0.15, 0.2) is 85.1 Å². The number of amides is 2. The minimum absolute atomic E-state index is 0.0538. The third-order valence-corrected chi connectivity index (χ3v) is 8.10. The zero-order chi connectivity index (χ0) is 32.0. The molecule has 0 aliphatic carbocycles. The maximum Gasteiger partial charge on any atom is 0.408 e. The molecule has 0 radical (unpaired) electrons. The number of nitrogens with one attached hydrogen (secondary N) is 3. The molecule has 4 N–H and O–H groups in total. The van der Waals surface area contributed by atoms with Crippen molar-refractivity contribution < 1.29 is 33.8 Å². The third-order valence-electron chi connectivity index (χ3n) is 8.10. The van der Waals surface area contributed by atoms with E-state index < -0.39 is 35.6 Å². The van der Waals surface area contributed by atoms with E-state index in [2.05, 4.69) is 15.6 Å².